The van der Waals surface area contributed by atoms with Gasteiger partial charge in [-0.25, -0.2) is 0 Å². The molecule has 0 aliphatic rings. The van der Waals surface area contributed by atoms with E-state index in [2.05, 4.69) is 32.4 Å². The fourth-order valence-electron chi connectivity index (χ4n) is 2.66. The number of unbranched alkanes of at least 4 members (excludes halogenated alkanes) is 1. The lowest BCUT2D eigenvalue weighted by Crippen LogP contribution is -1.99. The summed E-state index contributed by atoms with van der Waals surface area (Å²) in [5, 5.41) is 4.52. The second-order valence-corrected chi connectivity index (χ2v) is 7.69. The van der Waals surface area contributed by atoms with Gasteiger partial charge in [0.1, 0.15) is 0 Å². The number of halogens is 3. The van der Waals surface area contributed by atoms with Gasteiger partial charge in [-0.05, 0) is 70.9 Å². The second kappa shape index (κ2) is 6.93. The van der Waals surface area contributed by atoms with Crippen molar-refractivity contribution in [3.05, 3.63) is 43.7 Å². The molecule has 0 radical (unpaired) electrons. The fraction of sp³-hybridized carbons (Fsp3) is 0.250. The number of aromatic amines is 1. The Morgan fingerprint density at radius 3 is 2.59 bits per heavy atom. The maximum absolute atomic E-state index is 6.45. The van der Waals surface area contributed by atoms with Crippen molar-refractivity contribution in [2.45, 2.75) is 19.3 Å². The molecule has 3 rings (SSSR count). The van der Waals surface area contributed by atoms with E-state index < -0.39 is 0 Å². The average Bonchev–Trinajstić information content (AvgIpc) is 3.08. The molecule has 0 atom stereocenters. The first-order valence-corrected chi connectivity index (χ1v) is 9.48. The molecule has 1 aromatic carbocycles. The van der Waals surface area contributed by atoms with Crippen LogP contribution < -0.4 is 5.73 Å². The maximum atomic E-state index is 6.45. The number of hydrogen-bond donors (Lipinski definition) is 2. The Kier molecular flexibility index (Phi) is 5.15. The first-order chi connectivity index (χ1) is 10.6. The highest BCUT2D eigenvalue weighted by Gasteiger charge is 2.19. The molecule has 0 aliphatic heterocycles. The maximum Gasteiger partial charge on any atom is 0.0666 e. The molecule has 6 heteroatoms. The zero-order chi connectivity index (χ0) is 15.7. The minimum Gasteiger partial charge on any atom is -0.352 e. The van der Waals surface area contributed by atoms with Gasteiger partial charge in [0, 0.05) is 9.86 Å². The summed E-state index contributed by atoms with van der Waals surface area (Å²) >= 11 is 18.1. The van der Waals surface area contributed by atoms with E-state index >= 15 is 0 Å². The summed E-state index contributed by atoms with van der Waals surface area (Å²) < 4.78 is 1.08. The van der Waals surface area contributed by atoms with Crippen LogP contribution in [-0.2, 0) is 6.42 Å². The molecule has 3 aromatic rings. The molecular formula is C16H15BrCl2N2S. The average molecular weight is 418 g/mol. The van der Waals surface area contributed by atoms with Crippen LogP contribution in [0.4, 0.5) is 0 Å². The van der Waals surface area contributed by atoms with Crippen LogP contribution in [0.5, 0.6) is 0 Å². The van der Waals surface area contributed by atoms with Crippen LogP contribution >= 0.6 is 50.5 Å². The molecule has 0 fully saturated rings. The van der Waals surface area contributed by atoms with E-state index in [1.54, 1.807) is 11.3 Å². The summed E-state index contributed by atoms with van der Waals surface area (Å²) in [5.74, 6) is 0. The Hall–Kier alpha value is -0.520. The fourth-order valence-corrected chi connectivity index (χ4v) is 4.73. The van der Waals surface area contributed by atoms with E-state index in [0.29, 0.717) is 11.6 Å². The molecule has 2 heterocycles. The number of nitrogens with two attached hydrogens (primary N) is 1. The van der Waals surface area contributed by atoms with Gasteiger partial charge >= 0.3 is 0 Å². The van der Waals surface area contributed by atoms with Gasteiger partial charge in [-0.15, -0.1) is 11.3 Å². The van der Waals surface area contributed by atoms with Crippen LogP contribution in [0.1, 0.15) is 18.4 Å². The summed E-state index contributed by atoms with van der Waals surface area (Å²) in [6, 6.07) is 5.75. The van der Waals surface area contributed by atoms with Crippen molar-refractivity contribution in [1.29, 1.82) is 0 Å². The molecule has 116 valence electrons. The number of fused-ring (bicyclic) bond motifs is 1. The molecular weight excluding hydrogens is 403 g/mol. The quantitative estimate of drug-likeness (QED) is 0.473. The molecule has 0 bridgehead atoms. The summed E-state index contributed by atoms with van der Waals surface area (Å²) in [6.07, 6.45) is 2.95. The van der Waals surface area contributed by atoms with Crippen LogP contribution in [0.2, 0.25) is 10.0 Å². The van der Waals surface area contributed by atoms with E-state index in [4.69, 9.17) is 28.9 Å². The van der Waals surface area contributed by atoms with Crippen LogP contribution in [-0.4, -0.2) is 11.5 Å². The number of benzene rings is 1. The number of H-pyrrole nitrogens is 1. The van der Waals surface area contributed by atoms with E-state index in [1.807, 2.05) is 12.1 Å². The van der Waals surface area contributed by atoms with Gasteiger partial charge in [-0.1, -0.05) is 23.2 Å². The molecule has 0 unspecified atom stereocenters. The third-order valence-corrected chi connectivity index (χ3v) is 6.17. The van der Waals surface area contributed by atoms with Crippen molar-refractivity contribution in [3.8, 4) is 10.6 Å². The van der Waals surface area contributed by atoms with Crippen molar-refractivity contribution in [1.82, 2.24) is 4.98 Å². The highest BCUT2D eigenvalue weighted by molar-refractivity contribution is 9.10. The van der Waals surface area contributed by atoms with Gasteiger partial charge in [0.25, 0.3) is 0 Å². The lowest BCUT2D eigenvalue weighted by atomic mass is 10.0. The van der Waals surface area contributed by atoms with Crippen LogP contribution in [0.3, 0.4) is 0 Å². The molecule has 3 N–H and O–H groups in total. The zero-order valence-corrected chi connectivity index (χ0v) is 15.7. The van der Waals surface area contributed by atoms with E-state index in [0.717, 1.165) is 45.4 Å². The highest BCUT2D eigenvalue weighted by atomic mass is 79.9. The van der Waals surface area contributed by atoms with Crippen molar-refractivity contribution in [2.24, 2.45) is 5.73 Å². The number of rotatable bonds is 5. The number of aryl methyl sites for hydroxylation is 1. The summed E-state index contributed by atoms with van der Waals surface area (Å²) in [4.78, 5) is 4.65. The smallest absolute Gasteiger partial charge is 0.0666 e. The van der Waals surface area contributed by atoms with Gasteiger partial charge in [0.15, 0.2) is 0 Å². The van der Waals surface area contributed by atoms with Crippen LogP contribution in [0, 0.1) is 0 Å². The van der Waals surface area contributed by atoms with Gasteiger partial charge < -0.3 is 10.7 Å². The topological polar surface area (TPSA) is 41.8 Å². The zero-order valence-electron chi connectivity index (χ0n) is 11.8. The Balaban J connectivity index is 2.22. The SMILES string of the molecule is NCCCCc1c(-c2sccc2Br)[nH]c2c(Cl)ccc(Cl)c12. The van der Waals surface area contributed by atoms with Crippen molar-refractivity contribution >= 4 is 61.4 Å². The minimum absolute atomic E-state index is 0.693. The Morgan fingerprint density at radius 2 is 1.91 bits per heavy atom. The second-order valence-electron chi connectivity index (χ2n) is 5.10. The van der Waals surface area contributed by atoms with Gasteiger partial charge in [-0.3, -0.25) is 0 Å². The number of nitrogens with one attached hydrogen (secondary N) is 1. The van der Waals surface area contributed by atoms with Crippen LogP contribution in [0.15, 0.2) is 28.1 Å². The largest absolute Gasteiger partial charge is 0.352 e. The molecule has 0 saturated carbocycles. The van der Waals surface area contributed by atoms with E-state index in [1.165, 1.54) is 10.4 Å². The van der Waals surface area contributed by atoms with Crippen LogP contribution in [0.25, 0.3) is 21.5 Å². The molecule has 0 saturated heterocycles. The molecule has 2 nitrogen and oxygen atoms in total. The molecule has 0 amide bonds. The number of hydrogen-bond acceptors (Lipinski definition) is 2. The van der Waals surface area contributed by atoms with E-state index in [9.17, 15) is 0 Å². The number of aromatic nitrogens is 1. The monoisotopic (exact) mass is 416 g/mol. The first-order valence-electron chi connectivity index (χ1n) is 7.05. The predicted molar refractivity (Wildman–Crippen MR) is 101 cm³/mol. The first kappa shape index (κ1) is 16.3. The van der Waals surface area contributed by atoms with Gasteiger partial charge in [-0.2, -0.15) is 0 Å². The van der Waals surface area contributed by atoms with Crippen molar-refractivity contribution in [3.63, 3.8) is 0 Å². The summed E-state index contributed by atoms with van der Waals surface area (Å²) in [7, 11) is 0. The van der Waals surface area contributed by atoms with Crippen molar-refractivity contribution in [2.75, 3.05) is 6.54 Å². The van der Waals surface area contributed by atoms with Crippen molar-refractivity contribution < 1.29 is 0 Å². The lowest BCUT2D eigenvalue weighted by molar-refractivity contribution is 0.748. The molecule has 0 aliphatic carbocycles. The minimum atomic E-state index is 0.693. The molecule has 0 spiro atoms. The normalized spacial score (nSPS) is 11.5. The van der Waals surface area contributed by atoms with E-state index in [-0.39, 0.29) is 0 Å². The predicted octanol–water partition coefficient (Wildman–Crippen LogP) is 6.25. The Morgan fingerprint density at radius 1 is 1.14 bits per heavy atom. The third kappa shape index (κ3) is 2.95. The Labute approximate surface area is 151 Å². The van der Waals surface area contributed by atoms with Gasteiger partial charge in [0.05, 0.1) is 26.1 Å². The molecule has 22 heavy (non-hydrogen) atoms. The molecule has 2 aromatic heterocycles. The Bertz CT molecular complexity index is 810. The standard InChI is InChI=1S/C16H15BrCl2N2S/c17-10-6-8-22-16(10)14-9(3-1-2-7-20)13-11(18)4-5-12(19)15(13)21-14/h4-6,8,21H,1-3,7,20H2. The summed E-state index contributed by atoms with van der Waals surface area (Å²) in [6.45, 7) is 0.703. The lowest BCUT2D eigenvalue weighted by Gasteiger charge is -2.05. The highest BCUT2D eigenvalue weighted by Crippen LogP contribution is 2.42. The summed E-state index contributed by atoms with van der Waals surface area (Å²) in [5.41, 5.74) is 8.86. The number of thiophene rings is 1. The van der Waals surface area contributed by atoms with Gasteiger partial charge in [0.2, 0.25) is 0 Å². The third-order valence-electron chi connectivity index (χ3n) is 3.68.